The Kier molecular flexibility index (Phi) is 8.33. The third-order valence-electron chi connectivity index (χ3n) is 1.93. The van der Waals surface area contributed by atoms with Gasteiger partial charge in [-0.1, -0.05) is 0 Å². The first-order valence-electron chi connectivity index (χ1n) is 4.10. The molecule has 0 spiro atoms. The summed E-state index contributed by atoms with van der Waals surface area (Å²) in [7, 11) is 1.82. The van der Waals surface area contributed by atoms with Crippen molar-refractivity contribution in [1.82, 2.24) is 9.78 Å². The zero-order valence-corrected chi connectivity index (χ0v) is 10.1. The Morgan fingerprint density at radius 3 is 2.53 bits per heavy atom. The molecule has 0 aromatic carbocycles. The molecule has 1 heterocycles. The number of aromatic nitrogens is 2. The number of aryl methyl sites for hydroxylation is 1. The highest BCUT2D eigenvalue weighted by Crippen LogP contribution is 2.05. The molecule has 0 aliphatic heterocycles. The van der Waals surface area contributed by atoms with E-state index in [-0.39, 0.29) is 43.2 Å². The van der Waals surface area contributed by atoms with Crippen molar-refractivity contribution in [3.8, 4) is 0 Å². The van der Waals surface area contributed by atoms with Crippen molar-refractivity contribution in [2.45, 2.75) is 6.42 Å². The molecule has 0 saturated heterocycles. The number of amides is 1. The molecule has 1 aromatic heterocycles. The van der Waals surface area contributed by atoms with Gasteiger partial charge in [0, 0.05) is 19.8 Å². The quantitative estimate of drug-likeness (QED) is 0.785. The number of hydrogen-bond acceptors (Lipinski definition) is 3. The Morgan fingerprint density at radius 2 is 2.20 bits per heavy atom. The van der Waals surface area contributed by atoms with Gasteiger partial charge in [-0.15, -0.1) is 24.8 Å². The minimum absolute atomic E-state index is 0. The fourth-order valence-electron chi connectivity index (χ4n) is 1.16. The lowest BCUT2D eigenvalue weighted by atomic mass is 10.0. The molecule has 7 heteroatoms. The fraction of sp³-hybridized carbons (Fsp3) is 0.500. The van der Waals surface area contributed by atoms with Gasteiger partial charge in [0.25, 0.3) is 0 Å². The highest BCUT2D eigenvalue weighted by molar-refractivity contribution is 5.85. The molecule has 5 nitrogen and oxygen atoms in total. The molecular formula is C8H16Cl2N4O. The SMILES string of the molecule is Cl.Cl.Cn1cc(CC(CN)C(N)=O)cn1. The molecule has 1 rings (SSSR count). The van der Waals surface area contributed by atoms with Crippen LogP contribution in [0.2, 0.25) is 0 Å². The third kappa shape index (κ3) is 5.01. The number of rotatable bonds is 4. The summed E-state index contributed by atoms with van der Waals surface area (Å²) in [4.78, 5) is 10.9. The van der Waals surface area contributed by atoms with Crippen LogP contribution >= 0.6 is 24.8 Å². The van der Waals surface area contributed by atoms with Crippen LogP contribution in [0.15, 0.2) is 12.4 Å². The van der Waals surface area contributed by atoms with Gasteiger partial charge in [-0.25, -0.2) is 0 Å². The smallest absolute Gasteiger partial charge is 0.222 e. The maximum absolute atomic E-state index is 10.9. The van der Waals surface area contributed by atoms with Crippen molar-refractivity contribution < 1.29 is 4.79 Å². The van der Waals surface area contributed by atoms with Gasteiger partial charge >= 0.3 is 0 Å². The normalized spacial score (nSPS) is 11.1. The third-order valence-corrected chi connectivity index (χ3v) is 1.93. The summed E-state index contributed by atoms with van der Waals surface area (Å²) in [6.07, 6.45) is 4.14. The summed E-state index contributed by atoms with van der Waals surface area (Å²) in [5.41, 5.74) is 11.5. The van der Waals surface area contributed by atoms with Crippen molar-refractivity contribution in [2.24, 2.45) is 24.4 Å². The van der Waals surface area contributed by atoms with Crippen LogP contribution in [-0.4, -0.2) is 22.2 Å². The summed E-state index contributed by atoms with van der Waals surface area (Å²) < 4.78 is 1.68. The Hall–Kier alpha value is -0.780. The fourth-order valence-corrected chi connectivity index (χ4v) is 1.16. The van der Waals surface area contributed by atoms with E-state index in [1.165, 1.54) is 0 Å². The Balaban J connectivity index is 0. The molecule has 0 saturated carbocycles. The van der Waals surface area contributed by atoms with Gasteiger partial charge in [0.05, 0.1) is 12.1 Å². The summed E-state index contributed by atoms with van der Waals surface area (Å²) in [5.74, 6) is -0.643. The molecular weight excluding hydrogens is 239 g/mol. The summed E-state index contributed by atoms with van der Waals surface area (Å²) in [5, 5.41) is 3.99. The minimum Gasteiger partial charge on any atom is -0.369 e. The molecule has 1 unspecified atom stereocenters. The van der Waals surface area contributed by atoms with Gasteiger partial charge in [0.1, 0.15) is 0 Å². The van der Waals surface area contributed by atoms with Gasteiger partial charge in [-0.05, 0) is 12.0 Å². The number of halogens is 2. The second-order valence-electron chi connectivity index (χ2n) is 3.06. The van der Waals surface area contributed by atoms with E-state index in [9.17, 15) is 4.79 Å². The van der Waals surface area contributed by atoms with E-state index in [0.717, 1.165) is 5.56 Å². The first kappa shape index (κ1) is 16.6. The summed E-state index contributed by atoms with van der Waals surface area (Å²) in [6, 6.07) is 0. The average Bonchev–Trinajstić information content (AvgIpc) is 2.46. The Labute approximate surface area is 101 Å². The zero-order chi connectivity index (χ0) is 9.84. The van der Waals surface area contributed by atoms with Crippen LogP contribution in [0.25, 0.3) is 0 Å². The second-order valence-corrected chi connectivity index (χ2v) is 3.06. The standard InChI is InChI=1S/C8H14N4O.2ClH/c1-12-5-6(4-11-12)2-7(3-9)8(10)13;;/h4-5,7H,2-3,9H2,1H3,(H2,10,13);2*1H. The predicted octanol–water partition coefficient (Wildman–Crippen LogP) is -0.134. The van der Waals surface area contributed by atoms with Gasteiger partial charge in [-0.3, -0.25) is 9.48 Å². The van der Waals surface area contributed by atoms with Gasteiger partial charge in [-0.2, -0.15) is 5.10 Å². The van der Waals surface area contributed by atoms with Crippen molar-refractivity contribution in [3.63, 3.8) is 0 Å². The highest BCUT2D eigenvalue weighted by atomic mass is 35.5. The van der Waals surface area contributed by atoms with Gasteiger partial charge < -0.3 is 11.5 Å². The van der Waals surface area contributed by atoms with Crippen molar-refractivity contribution in [3.05, 3.63) is 18.0 Å². The van der Waals surface area contributed by atoms with Crippen LogP contribution in [0, 0.1) is 5.92 Å². The number of carbonyl (C=O) groups is 1. The molecule has 1 atom stereocenters. The maximum Gasteiger partial charge on any atom is 0.222 e. The van der Waals surface area contributed by atoms with Crippen LogP contribution in [0.3, 0.4) is 0 Å². The van der Waals surface area contributed by atoms with E-state index in [4.69, 9.17) is 11.5 Å². The topological polar surface area (TPSA) is 86.9 Å². The number of carbonyl (C=O) groups excluding carboxylic acids is 1. The van der Waals surface area contributed by atoms with E-state index in [0.29, 0.717) is 6.42 Å². The number of nitrogens with two attached hydrogens (primary N) is 2. The highest BCUT2D eigenvalue weighted by Gasteiger charge is 2.14. The molecule has 1 aromatic rings. The van der Waals surface area contributed by atoms with Crippen LogP contribution in [-0.2, 0) is 18.3 Å². The van der Waals surface area contributed by atoms with Crippen LogP contribution in [0.1, 0.15) is 5.56 Å². The lowest BCUT2D eigenvalue weighted by Gasteiger charge is -2.07. The lowest BCUT2D eigenvalue weighted by molar-refractivity contribution is -0.121. The molecule has 0 aliphatic carbocycles. The minimum atomic E-state index is -0.355. The van der Waals surface area contributed by atoms with Gasteiger partial charge in [0.15, 0.2) is 0 Å². The number of hydrogen-bond donors (Lipinski definition) is 2. The second kappa shape index (κ2) is 7.50. The van der Waals surface area contributed by atoms with Crippen LogP contribution in [0.5, 0.6) is 0 Å². The van der Waals surface area contributed by atoms with Crippen molar-refractivity contribution >= 4 is 30.7 Å². The number of nitrogens with zero attached hydrogens (tertiary/aromatic N) is 2. The molecule has 0 radical (unpaired) electrons. The van der Waals surface area contributed by atoms with Gasteiger partial charge in [0.2, 0.25) is 5.91 Å². The Bertz CT molecular complexity index is 303. The maximum atomic E-state index is 10.9. The molecule has 1 amide bonds. The first-order chi connectivity index (χ1) is 6.13. The average molecular weight is 255 g/mol. The molecule has 0 bridgehead atoms. The monoisotopic (exact) mass is 254 g/mol. The van der Waals surface area contributed by atoms with E-state index in [1.807, 2.05) is 13.2 Å². The Morgan fingerprint density at radius 1 is 1.60 bits per heavy atom. The number of primary amides is 1. The molecule has 88 valence electrons. The molecule has 0 aliphatic rings. The zero-order valence-electron chi connectivity index (χ0n) is 8.42. The van der Waals surface area contributed by atoms with Crippen LogP contribution in [0.4, 0.5) is 0 Å². The lowest BCUT2D eigenvalue weighted by Crippen LogP contribution is -2.31. The predicted molar refractivity (Wildman–Crippen MR) is 63.1 cm³/mol. The van der Waals surface area contributed by atoms with E-state index in [1.54, 1.807) is 10.9 Å². The van der Waals surface area contributed by atoms with E-state index in [2.05, 4.69) is 5.10 Å². The van der Waals surface area contributed by atoms with Crippen molar-refractivity contribution in [1.29, 1.82) is 0 Å². The largest absolute Gasteiger partial charge is 0.369 e. The molecule has 0 fully saturated rings. The molecule has 4 N–H and O–H groups in total. The van der Waals surface area contributed by atoms with E-state index >= 15 is 0 Å². The summed E-state index contributed by atoms with van der Waals surface area (Å²) in [6.45, 7) is 0.282. The molecule has 15 heavy (non-hydrogen) atoms. The summed E-state index contributed by atoms with van der Waals surface area (Å²) >= 11 is 0. The first-order valence-corrected chi connectivity index (χ1v) is 4.10. The van der Waals surface area contributed by atoms with Crippen LogP contribution < -0.4 is 11.5 Å². The van der Waals surface area contributed by atoms with Crippen molar-refractivity contribution in [2.75, 3.05) is 6.54 Å². The van der Waals surface area contributed by atoms with E-state index < -0.39 is 0 Å².